The number of non-ortho nitro benzene ring substituents is 2. The fourth-order valence-corrected chi connectivity index (χ4v) is 9.96. The Hall–Kier alpha value is -3.66. The predicted octanol–water partition coefficient (Wildman–Crippen LogP) is 8.31. The number of imide groups is 1. The van der Waals surface area contributed by atoms with Gasteiger partial charge in [-0.25, -0.2) is 0 Å². The molecule has 4 unspecified atom stereocenters. The van der Waals surface area contributed by atoms with Gasteiger partial charge in [0.2, 0.25) is 11.8 Å². The van der Waals surface area contributed by atoms with Crippen molar-refractivity contribution >= 4 is 23.2 Å². The number of likely N-dealkylation sites (tertiary alicyclic amines) is 2. The lowest BCUT2D eigenvalue weighted by atomic mass is 9.79. The fraction of sp³-hybridized carbons (Fsp3) is 0.650. The number of piperidine rings is 2. The van der Waals surface area contributed by atoms with Gasteiger partial charge < -0.3 is 4.90 Å². The van der Waals surface area contributed by atoms with Gasteiger partial charge in [0, 0.05) is 54.7 Å². The van der Waals surface area contributed by atoms with Crippen molar-refractivity contribution < 1.29 is 19.4 Å². The second-order valence-corrected chi connectivity index (χ2v) is 15.7. The highest BCUT2D eigenvalue weighted by Gasteiger charge is 2.78. The molecular weight excluding hydrogens is 632 g/mol. The Morgan fingerprint density at radius 3 is 1.54 bits per heavy atom. The lowest BCUT2D eigenvalue weighted by Crippen LogP contribution is -2.41. The van der Waals surface area contributed by atoms with Crippen LogP contribution in [0.25, 0.3) is 0 Å². The summed E-state index contributed by atoms with van der Waals surface area (Å²) in [5.74, 6) is 0.975. The molecule has 10 heteroatoms. The molecule has 2 aromatic carbocycles. The third-order valence-corrected chi connectivity index (χ3v) is 12.4. The van der Waals surface area contributed by atoms with Crippen LogP contribution in [-0.2, 0) is 20.4 Å². The van der Waals surface area contributed by atoms with Crippen molar-refractivity contribution in [3.8, 4) is 0 Å². The van der Waals surface area contributed by atoms with E-state index in [2.05, 4.69) is 38.7 Å². The van der Waals surface area contributed by atoms with Gasteiger partial charge in [0.25, 0.3) is 11.4 Å². The average molecular weight is 689 g/mol. The summed E-state index contributed by atoms with van der Waals surface area (Å²) in [7, 11) is 0. The molecule has 272 valence electrons. The number of benzene rings is 2. The number of amides is 2. The van der Waals surface area contributed by atoms with E-state index in [1.807, 2.05) is 32.0 Å². The molecule has 0 aromatic heterocycles. The second-order valence-electron chi connectivity index (χ2n) is 15.7. The number of nitro groups is 2. The molecule has 4 fully saturated rings. The van der Waals surface area contributed by atoms with Crippen LogP contribution in [0.2, 0.25) is 0 Å². The SMILES string of the molecule is CCCCCCN1C(=O)C2C(C1=O)C2(c1cccc([N+](=O)[O-])c1)C(C)C.CCCCCCN1CC2C(C1)C2(c1cccc([N+](=O)[O-])c1)C(C)C. The van der Waals surface area contributed by atoms with Gasteiger partial charge in [-0.05, 0) is 54.2 Å². The molecule has 4 aliphatic rings. The van der Waals surface area contributed by atoms with Gasteiger partial charge in [-0.3, -0.25) is 34.7 Å². The van der Waals surface area contributed by atoms with Crippen LogP contribution in [0.1, 0.15) is 104 Å². The van der Waals surface area contributed by atoms with E-state index in [1.54, 1.807) is 12.1 Å². The van der Waals surface area contributed by atoms with Crippen LogP contribution in [-0.4, -0.2) is 57.6 Å². The summed E-state index contributed by atoms with van der Waals surface area (Å²) in [5.41, 5.74) is 1.72. The molecule has 2 amide bonds. The van der Waals surface area contributed by atoms with E-state index in [1.165, 1.54) is 54.8 Å². The number of nitrogens with zero attached hydrogens (tertiary/aromatic N) is 4. The molecule has 2 saturated carbocycles. The van der Waals surface area contributed by atoms with Crippen molar-refractivity contribution in [3.05, 3.63) is 79.9 Å². The van der Waals surface area contributed by atoms with Gasteiger partial charge in [0.15, 0.2) is 0 Å². The maximum absolute atomic E-state index is 12.9. The molecule has 0 N–H and O–H groups in total. The first-order valence-electron chi connectivity index (χ1n) is 19.0. The minimum absolute atomic E-state index is 0.00354. The van der Waals surface area contributed by atoms with E-state index in [0.29, 0.717) is 24.3 Å². The van der Waals surface area contributed by atoms with E-state index >= 15 is 0 Å². The standard InChI is InChI=1S/C20H26N2O4.C20H30N2O2/c1-4-5-6-7-11-21-18(23)16-17(19(21)24)20(16,13(2)3)14-9-8-10-15(12-14)22(25)26;1-4-5-6-7-11-21-13-18-19(14-21)20(18,15(2)3)16-9-8-10-17(12-16)22(23)24/h8-10,12-13,16-17H,4-7,11H2,1-3H3;8-10,12,15,18-19H,4-7,11,13-14H2,1-3H3. The number of fused-ring (bicyclic) bond motifs is 2. The normalized spacial score (nSPS) is 28.0. The van der Waals surface area contributed by atoms with Gasteiger partial charge in [-0.15, -0.1) is 0 Å². The number of hydrogen-bond acceptors (Lipinski definition) is 7. The summed E-state index contributed by atoms with van der Waals surface area (Å²) >= 11 is 0. The van der Waals surface area contributed by atoms with Crippen molar-refractivity contribution in [1.29, 1.82) is 0 Å². The first-order valence-corrected chi connectivity index (χ1v) is 19.0. The smallest absolute Gasteiger partial charge is 0.269 e. The fourth-order valence-electron chi connectivity index (χ4n) is 9.96. The maximum atomic E-state index is 12.9. The zero-order chi connectivity index (χ0) is 36.4. The molecule has 2 aliphatic carbocycles. The highest BCUT2D eigenvalue weighted by Crippen LogP contribution is 2.69. The van der Waals surface area contributed by atoms with Crippen LogP contribution in [0.15, 0.2) is 48.5 Å². The summed E-state index contributed by atoms with van der Waals surface area (Å²) in [4.78, 5) is 51.4. The van der Waals surface area contributed by atoms with Gasteiger partial charge in [-0.2, -0.15) is 0 Å². The number of unbranched alkanes of at least 4 members (excludes halogenated alkanes) is 6. The monoisotopic (exact) mass is 688 g/mol. The number of carbonyl (C=O) groups is 2. The van der Waals surface area contributed by atoms with Crippen molar-refractivity contribution in [3.63, 3.8) is 0 Å². The molecule has 0 spiro atoms. The maximum Gasteiger partial charge on any atom is 0.269 e. The largest absolute Gasteiger partial charge is 0.303 e. The molecule has 2 aliphatic heterocycles. The van der Waals surface area contributed by atoms with Crippen LogP contribution in [0, 0.1) is 55.7 Å². The van der Waals surface area contributed by atoms with E-state index in [0.717, 1.165) is 44.3 Å². The highest BCUT2D eigenvalue weighted by atomic mass is 16.6. The highest BCUT2D eigenvalue weighted by molar-refractivity contribution is 6.12. The second kappa shape index (κ2) is 15.3. The third-order valence-electron chi connectivity index (χ3n) is 12.4. The van der Waals surface area contributed by atoms with Crippen LogP contribution in [0.4, 0.5) is 11.4 Å². The molecule has 6 rings (SSSR count). The van der Waals surface area contributed by atoms with Crippen LogP contribution in [0.5, 0.6) is 0 Å². The number of rotatable bonds is 16. The van der Waals surface area contributed by atoms with Crippen LogP contribution < -0.4 is 0 Å². The molecule has 0 radical (unpaired) electrons. The quantitative estimate of drug-likeness (QED) is 0.0751. The first kappa shape index (κ1) is 37.6. The average Bonchev–Trinajstić information content (AvgIpc) is 3.87. The Kier molecular flexibility index (Phi) is 11.5. The van der Waals surface area contributed by atoms with E-state index in [4.69, 9.17) is 0 Å². The lowest BCUT2D eigenvalue weighted by Gasteiger charge is -2.30. The number of carbonyl (C=O) groups excluding carboxylic acids is 2. The first-order chi connectivity index (χ1) is 23.9. The summed E-state index contributed by atoms with van der Waals surface area (Å²) < 4.78 is 0. The van der Waals surface area contributed by atoms with E-state index in [-0.39, 0.29) is 51.3 Å². The van der Waals surface area contributed by atoms with Gasteiger partial charge in [0.1, 0.15) is 0 Å². The van der Waals surface area contributed by atoms with Gasteiger partial charge in [-0.1, -0.05) is 104 Å². The molecule has 10 nitrogen and oxygen atoms in total. The van der Waals surface area contributed by atoms with Crippen molar-refractivity contribution in [1.82, 2.24) is 9.80 Å². The molecule has 4 atom stereocenters. The van der Waals surface area contributed by atoms with Crippen molar-refractivity contribution in [2.45, 2.75) is 104 Å². The molecular formula is C40H56N4O6. The minimum Gasteiger partial charge on any atom is -0.303 e. The van der Waals surface area contributed by atoms with Crippen molar-refractivity contribution in [2.75, 3.05) is 26.2 Å². The van der Waals surface area contributed by atoms with Crippen molar-refractivity contribution in [2.24, 2.45) is 35.5 Å². The Morgan fingerprint density at radius 1 is 0.680 bits per heavy atom. The molecule has 50 heavy (non-hydrogen) atoms. The molecule has 0 bridgehead atoms. The number of hydrogen-bond donors (Lipinski definition) is 0. The Labute approximate surface area is 297 Å². The Bertz CT molecular complexity index is 1540. The zero-order valence-corrected chi connectivity index (χ0v) is 30.8. The summed E-state index contributed by atoms with van der Waals surface area (Å²) in [6.07, 6.45) is 9.34. The Balaban J connectivity index is 0.000000195. The summed E-state index contributed by atoms with van der Waals surface area (Å²) in [6, 6.07) is 13.8. The molecule has 2 aromatic rings. The topological polar surface area (TPSA) is 127 Å². The molecule has 2 heterocycles. The predicted molar refractivity (Wildman–Crippen MR) is 195 cm³/mol. The van der Waals surface area contributed by atoms with Crippen LogP contribution in [0.3, 0.4) is 0 Å². The Morgan fingerprint density at radius 2 is 1.12 bits per heavy atom. The van der Waals surface area contributed by atoms with E-state index < -0.39 is 10.3 Å². The zero-order valence-electron chi connectivity index (χ0n) is 30.8. The van der Waals surface area contributed by atoms with Gasteiger partial charge >= 0.3 is 0 Å². The summed E-state index contributed by atoms with van der Waals surface area (Å²) in [6.45, 7) is 17.0. The van der Waals surface area contributed by atoms with Crippen LogP contribution >= 0.6 is 0 Å². The minimum atomic E-state index is -0.597. The lowest BCUT2D eigenvalue weighted by molar-refractivity contribution is -0.385. The third kappa shape index (κ3) is 6.60. The van der Waals surface area contributed by atoms with E-state index in [9.17, 15) is 29.8 Å². The van der Waals surface area contributed by atoms with Gasteiger partial charge in [0.05, 0.1) is 21.7 Å². The number of nitro benzene ring substituents is 2. The molecule has 2 saturated heterocycles. The summed E-state index contributed by atoms with van der Waals surface area (Å²) in [5, 5.41) is 22.3.